The smallest absolute Gasteiger partial charge is 0.330 e. The first-order valence-corrected chi connectivity index (χ1v) is 5.73. The molecule has 0 spiro atoms. The molecule has 1 saturated heterocycles. The summed E-state index contributed by atoms with van der Waals surface area (Å²) in [6.07, 6.45) is -2.04. The van der Waals surface area contributed by atoms with E-state index < -0.39 is 12.7 Å². The number of halogens is 3. The second-order valence-corrected chi connectivity index (χ2v) is 4.23. The molecule has 96 valence electrons. The van der Waals surface area contributed by atoms with Crippen molar-refractivity contribution in [2.45, 2.75) is 19.0 Å². The molecule has 0 aromatic carbocycles. The summed E-state index contributed by atoms with van der Waals surface area (Å²) < 4.78 is 36.3. The maximum atomic E-state index is 12.1. The number of alkyl halides is 3. The predicted octanol–water partition coefficient (Wildman–Crippen LogP) is 0.905. The highest BCUT2D eigenvalue weighted by molar-refractivity contribution is 4.73. The highest BCUT2D eigenvalue weighted by atomic mass is 19.4. The van der Waals surface area contributed by atoms with Gasteiger partial charge in [0.25, 0.3) is 0 Å². The average Bonchev–Trinajstić information content (AvgIpc) is 2.19. The lowest BCUT2D eigenvalue weighted by Crippen LogP contribution is -2.49. The molecule has 0 bridgehead atoms. The van der Waals surface area contributed by atoms with E-state index >= 15 is 0 Å². The Hall–Kier alpha value is -0.330. The highest BCUT2D eigenvalue weighted by Crippen LogP contribution is 2.17. The van der Waals surface area contributed by atoms with E-state index in [1.54, 1.807) is 0 Å². The van der Waals surface area contributed by atoms with Crippen molar-refractivity contribution in [2.75, 3.05) is 45.8 Å². The molecule has 1 heterocycles. The Morgan fingerprint density at radius 2 is 1.50 bits per heavy atom. The van der Waals surface area contributed by atoms with Crippen molar-refractivity contribution in [2.24, 2.45) is 5.73 Å². The quantitative estimate of drug-likeness (QED) is 0.724. The molecule has 1 fully saturated rings. The minimum Gasteiger partial charge on any atom is -0.330 e. The summed E-state index contributed by atoms with van der Waals surface area (Å²) >= 11 is 0. The van der Waals surface area contributed by atoms with Gasteiger partial charge >= 0.3 is 6.18 Å². The number of nitrogens with zero attached hydrogens (tertiary/aromatic N) is 2. The monoisotopic (exact) mass is 239 g/mol. The summed E-state index contributed by atoms with van der Waals surface area (Å²) in [7, 11) is 0. The number of unbranched alkanes of at least 4 members (excludes halogenated alkanes) is 1. The summed E-state index contributed by atoms with van der Waals surface area (Å²) in [5.41, 5.74) is 5.38. The van der Waals surface area contributed by atoms with Gasteiger partial charge < -0.3 is 10.6 Å². The number of hydrogen-bond donors (Lipinski definition) is 1. The van der Waals surface area contributed by atoms with Gasteiger partial charge in [0.2, 0.25) is 0 Å². The van der Waals surface area contributed by atoms with Crippen LogP contribution in [-0.2, 0) is 0 Å². The molecule has 0 saturated carbocycles. The van der Waals surface area contributed by atoms with Crippen molar-refractivity contribution >= 4 is 0 Å². The Bertz CT molecular complexity index is 188. The van der Waals surface area contributed by atoms with Gasteiger partial charge in [-0.25, -0.2) is 0 Å². The van der Waals surface area contributed by atoms with Gasteiger partial charge in [-0.2, -0.15) is 13.2 Å². The van der Waals surface area contributed by atoms with E-state index in [0.717, 1.165) is 32.5 Å². The lowest BCUT2D eigenvalue weighted by atomic mass is 10.2. The lowest BCUT2D eigenvalue weighted by Gasteiger charge is -2.34. The maximum Gasteiger partial charge on any atom is 0.401 e. The fraction of sp³-hybridized carbons (Fsp3) is 1.00. The minimum atomic E-state index is -4.07. The molecule has 0 atom stereocenters. The Morgan fingerprint density at radius 1 is 0.938 bits per heavy atom. The van der Waals surface area contributed by atoms with E-state index in [-0.39, 0.29) is 0 Å². The van der Waals surface area contributed by atoms with Crippen LogP contribution in [0.25, 0.3) is 0 Å². The molecule has 0 aliphatic carbocycles. The van der Waals surface area contributed by atoms with E-state index in [2.05, 4.69) is 4.90 Å². The van der Waals surface area contributed by atoms with Gasteiger partial charge in [-0.05, 0) is 25.9 Å². The topological polar surface area (TPSA) is 32.5 Å². The summed E-state index contributed by atoms with van der Waals surface area (Å²) in [5, 5.41) is 0. The van der Waals surface area contributed by atoms with Gasteiger partial charge in [0.15, 0.2) is 0 Å². The van der Waals surface area contributed by atoms with Crippen molar-refractivity contribution < 1.29 is 13.2 Å². The third-order valence-corrected chi connectivity index (χ3v) is 2.80. The molecular formula is C10H20F3N3. The molecule has 1 rings (SSSR count). The van der Waals surface area contributed by atoms with E-state index in [4.69, 9.17) is 5.73 Å². The molecule has 0 aromatic heterocycles. The van der Waals surface area contributed by atoms with Crippen LogP contribution in [0.1, 0.15) is 12.8 Å². The zero-order chi connectivity index (χ0) is 12.0. The summed E-state index contributed by atoms with van der Waals surface area (Å²) in [5.74, 6) is 0. The lowest BCUT2D eigenvalue weighted by molar-refractivity contribution is -0.149. The van der Waals surface area contributed by atoms with Crippen molar-refractivity contribution in [3.05, 3.63) is 0 Å². The minimum absolute atomic E-state index is 0.516. The van der Waals surface area contributed by atoms with Crippen LogP contribution in [-0.4, -0.2) is 61.8 Å². The Balaban J connectivity index is 2.13. The molecular weight excluding hydrogens is 219 g/mol. The molecule has 16 heavy (non-hydrogen) atoms. The largest absolute Gasteiger partial charge is 0.401 e. The number of hydrogen-bond acceptors (Lipinski definition) is 3. The highest BCUT2D eigenvalue weighted by Gasteiger charge is 2.31. The molecule has 0 radical (unpaired) electrons. The fourth-order valence-electron chi connectivity index (χ4n) is 1.90. The van der Waals surface area contributed by atoms with E-state index in [0.29, 0.717) is 19.6 Å². The molecule has 1 aliphatic heterocycles. The Morgan fingerprint density at radius 3 is 2.00 bits per heavy atom. The third-order valence-electron chi connectivity index (χ3n) is 2.80. The molecule has 3 nitrogen and oxygen atoms in total. The van der Waals surface area contributed by atoms with Crippen LogP contribution in [0, 0.1) is 0 Å². The molecule has 0 unspecified atom stereocenters. The van der Waals surface area contributed by atoms with Crippen molar-refractivity contribution in [1.82, 2.24) is 9.80 Å². The zero-order valence-corrected chi connectivity index (χ0v) is 9.47. The van der Waals surface area contributed by atoms with E-state index in [1.807, 2.05) is 0 Å². The molecule has 0 amide bonds. The SMILES string of the molecule is NCCCCN1CCN(CC(F)(F)F)CC1. The van der Waals surface area contributed by atoms with Crippen molar-refractivity contribution in [3.8, 4) is 0 Å². The molecule has 1 aliphatic rings. The van der Waals surface area contributed by atoms with Crippen LogP contribution < -0.4 is 5.73 Å². The van der Waals surface area contributed by atoms with Crippen LogP contribution in [0.4, 0.5) is 13.2 Å². The first kappa shape index (κ1) is 13.7. The molecule has 2 N–H and O–H groups in total. The van der Waals surface area contributed by atoms with E-state index in [9.17, 15) is 13.2 Å². The van der Waals surface area contributed by atoms with Gasteiger partial charge in [0, 0.05) is 26.2 Å². The number of rotatable bonds is 5. The Labute approximate surface area is 94.4 Å². The van der Waals surface area contributed by atoms with Crippen LogP contribution >= 0.6 is 0 Å². The van der Waals surface area contributed by atoms with Crippen LogP contribution in [0.5, 0.6) is 0 Å². The fourth-order valence-corrected chi connectivity index (χ4v) is 1.90. The normalized spacial score (nSPS) is 20.2. The van der Waals surface area contributed by atoms with Crippen LogP contribution in [0.3, 0.4) is 0 Å². The second-order valence-electron chi connectivity index (χ2n) is 4.23. The molecule has 0 aromatic rings. The third kappa shape index (κ3) is 5.67. The summed E-state index contributed by atoms with van der Waals surface area (Å²) in [4.78, 5) is 3.68. The first-order chi connectivity index (χ1) is 7.51. The van der Waals surface area contributed by atoms with Gasteiger partial charge in [-0.3, -0.25) is 4.90 Å². The predicted molar refractivity (Wildman–Crippen MR) is 57.2 cm³/mol. The van der Waals surface area contributed by atoms with Gasteiger partial charge in [0.1, 0.15) is 0 Å². The van der Waals surface area contributed by atoms with Gasteiger partial charge in [-0.1, -0.05) is 0 Å². The van der Waals surface area contributed by atoms with E-state index in [1.165, 1.54) is 4.90 Å². The number of nitrogens with two attached hydrogens (primary N) is 1. The van der Waals surface area contributed by atoms with Crippen LogP contribution in [0.15, 0.2) is 0 Å². The van der Waals surface area contributed by atoms with Crippen molar-refractivity contribution in [1.29, 1.82) is 0 Å². The second kappa shape index (κ2) is 6.42. The average molecular weight is 239 g/mol. The summed E-state index contributed by atoms with van der Waals surface area (Å²) in [6, 6.07) is 0. The Kier molecular flexibility index (Phi) is 5.51. The van der Waals surface area contributed by atoms with Crippen LogP contribution in [0.2, 0.25) is 0 Å². The zero-order valence-electron chi connectivity index (χ0n) is 9.47. The molecule has 6 heteroatoms. The first-order valence-electron chi connectivity index (χ1n) is 5.73. The van der Waals surface area contributed by atoms with Gasteiger partial charge in [0.05, 0.1) is 6.54 Å². The maximum absolute atomic E-state index is 12.1. The number of piperazine rings is 1. The van der Waals surface area contributed by atoms with Crippen molar-refractivity contribution in [3.63, 3.8) is 0 Å². The van der Waals surface area contributed by atoms with Gasteiger partial charge in [-0.15, -0.1) is 0 Å². The standard InChI is InChI=1S/C10H20F3N3/c11-10(12,13)9-16-7-5-15(6-8-16)4-2-1-3-14/h1-9,14H2. The summed E-state index contributed by atoms with van der Waals surface area (Å²) in [6.45, 7) is 3.38.